The number of aliphatic carboxylic acids is 1. The van der Waals surface area contributed by atoms with Gasteiger partial charge in [-0.1, -0.05) is 12.1 Å². The SMILES string of the molecule is COCC(C)(NCc1ccc(C#N)cc1)C(=O)O. The summed E-state index contributed by atoms with van der Waals surface area (Å²) >= 11 is 0. The largest absolute Gasteiger partial charge is 0.480 e. The molecule has 1 aromatic rings. The number of ether oxygens (including phenoxy) is 1. The predicted octanol–water partition coefficient (Wildman–Crippen LogP) is 1.14. The highest BCUT2D eigenvalue weighted by Gasteiger charge is 2.32. The van der Waals surface area contributed by atoms with E-state index in [1.165, 1.54) is 7.11 Å². The predicted molar refractivity (Wildman–Crippen MR) is 65.9 cm³/mol. The van der Waals surface area contributed by atoms with E-state index in [0.29, 0.717) is 12.1 Å². The Bertz CT molecular complexity index is 450. The van der Waals surface area contributed by atoms with Crippen LogP contribution >= 0.6 is 0 Å². The minimum Gasteiger partial charge on any atom is -0.480 e. The Labute approximate surface area is 106 Å². The molecular weight excluding hydrogens is 232 g/mol. The Balaban J connectivity index is 2.67. The topological polar surface area (TPSA) is 82.3 Å². The van der Waals surface area contributed by atoms with Crippen molar-refractivity contribution in [2.75, 3.05) is 13.7 Å². The summed E-state index contributed by atoms with van der Waals surface area (Å²) in [5, 5.41) is 20.8. The van der Waals surface area contributed by atoms with Crippen molar-refractivity contribution in [2.45, 2.75) is 19.0 Å². The van der Waals surface area contributed by atoms with Crippen LogP contribution in [0.15, 0.2) is 24.3 Å². The van der Waals surface area contributed by atoms with Crippen LogP contribution in [0.25, 0.3) is 0 Å². The molecule has 0 aliphatic carbocycles. The molecule has 0 amide bonds. The van der Waals surface area contributed by atoms with Crippen molar-refractivity contribution in [1.29, 1.82) is 5.26 Å². The summed E-state index contributed by atoms with van der Waals surface area (Å²) in [6, 6.07) is 9.01. The second-order valence-electron chi connectivity index (χ2n) is 4.23. The summed E-state index contributed by atoms with van der Waals surface area (Å²) < 4.78 is 4.91. The van der Waals surface area contributed by atoms with Crippen LogP contribution in [0, 0.1) is 11.3 Å². The maximum absolute atomic E-state index is 11.1. The van der Waals surface area contributed by atoms with Crippen LogP contribution in [0.2, 0.25) is 0 Å². The molecule has 2 N–H and O–H groups in total. The van der Waals surface area contributed by atoms with E-state index in [1.54, 1.807) is 31.2 Å². The van der Waals surface area contributed by atoms with Crippen molar-refractivity contribution < 1.29 is 14.6 Å². The van der Waals surface area contributed by atoms with Crippen LogP contribution in [0.1, 0.15) is 18.1 Å². The Hall–Kier alpha value is -1.90. The molecule has 0 bridgehead atoms. The van der Waals surface area contributed by atoms with Gasteiger partial charge in [0.15, 0.2) is 0 Å². The molecule has 0 saturated carbocycles. The minimum absolute atomic E-state index is 0.0820. The maximum atomic E-state index is 11.1. The third-order valence-corrected chi connectivity index (χ3v) is 2.67. The molecule has 0 heterocycles. The lowest BCUT2D eigenvalue weighted by atomic mass is 10.0. The van der Waals surface area contributed by atoms with Crippen LogP contribution in [0.5, 0.6) is 0 Å². The van der Waals surface area contributed by atoms with Gasteiger partial charge in [0.1, 0.15) is 5.54 Å². The van der Waals surface area contributed by atoms with E-state index in [1.807, 2.05) is 6.07 Å². The first-order valence-electron chi connectivity index (χ1n) is 5.48. The van der Waals surface area contributed by atoms with Gasteiger partial charge in [0.25, 0.3) is 0 Å². The highest BCUT2D eigenvalue weighted by Crippen LogP contribution is 2.08. The van der Waals surface area contributed by atoms with Gasteiger partial charge in [-0.05, 0) is 24.6 Å². The van der Waals surface area contributed by atoms with E-state index < -0.39 is 11.5 Å². The minimum atomic E-state index is -1.12. The average Bonchev–Trinajstić information content (AvgIpc) is 2.37. The van der Waals surface area contributed by atoms with Gasteiger partial charge in [-0.3, -0.25) is 10.1 Å². The number of carbonyl (C=O) groups is 1. The van der Waals surface area contributed by atoms with Crippen LogP contribution in [0.3, 0.4) is 0 Å². The van der Waals surface area contributed by atoms with E-state index in [0.717, 1.165) is 5.56 Å². The van der Waals surface area contributed by atoms with E-state index in [9.17, 15) is 4.79 Å². The molecule has 0 saturated heterocycles. The molecule has 5 heteroatoms. The number of hydrogen-bond acceptors (Lipinski definition) is 4. The van der Waals surface area contributed by atoms with Crippen LogP contribution < -0.4 is 5.32 Å². The lowest BCUT2D eigenvalue weighted by Crippen LogP contribution is -2.52. The van der Waals surface area contributed by atoms with Gasteiger partial charge >= 0.3 is 5.97 Å². The molecular formula is C13H16N2O3. The molecule has 0 fully saturated rings. The Morgan fingerprint density at radius 1 is 1.50 bits per heavy atom. The second kappa shape index (κ2) is 6.15. The number of carboxylic acid groups (broad SMARTS) is 1. The van der Waals surface area contributed by atoms with Crippen LogP contribution in [-0.4, -0.2) is 30.3 Å². The first kappa shape index (κ1) is 14.2. The Morgan fingerprint density at radius 2 is 2.11 bits per heavy atom. The fourth-order valence-electron chi connectivity index (χ4n) is 1.47. The molecule has 0 spiro atoms. The lowest BCUT2D eigenvalue weighted by Gasteiger charge is -2.25. The molecule has 1 aromatic carbocycles. The van der Waals surface area contributed by atoms with E-state index >= 15 is 0 Å². The molecule has 1 unspecified atom stereocenters. The van der Waals surface area contributed by atoms with E-state index in [4.69, 9.17) is 15.1 Å². The van der Waals surface area contributed by atoms with Crippen molar-refractivity contribution in [2.24, 2.45) is 0 Å². The van der Waals surface area contributed by atoms with Crippen LogP contribution in [-0.2, 0) is 16.1 Å². The second-order valence-corrected chi connectivity index (χ2v) is 4.23. The highest BCUT2D eigenvalue weighted by molar-refractivity contribution is 5.78. The van der Waals surface area contributed by atoms with Crippen LogP contribution in [0.4, 0.5) is 0 Å². The normalized spacial score (nSPS) is 13.6. The van der Waals surface area contributed by atoms with Gasteiger partial charge in [0.2, 0.25) is 0 Å². The van der Waals surface area contributed by atoms with Gasteiger partial charge in [-0.15, -0.1) is 0 Å². The number of nitrogens with one attached hydrogen (secondary N) is 1. The number of rotatable bonds is 6. The zero-order chi connectivity index (χ0) is 13.6. The number of benzene rings is 1. The molecule has 1 rings (SSSR count). The molecule has 0 aliphatic heterocycles. The fraction of sp³-hybridized carbons (Fsp3) is 0.385. The number of nitrogens with zero attached hydrogens (tertiary/aromatic N) is 1. The number of hydrogen-bond donors (Lipinski definition) is 2. The van der Waals surface area contributed by atoms with Crippen molar-refractivity contribution >= 4 is 5.97 Å². The van der Waals surface area contributed by atoms with Gasteiger partial charge in [0, 0.05) is 13.7 Å². The standard InChI is InChI=1S/C13H16N2O3/c1-13(9-18-2,12(16)17)15-8-11-5-3-10(7-14)4-6-11/h3-6,15H,8-9H2,1-2H3,(H,16,17). The molecule has 1 atom stereocenters. The Morgan fingerprint density at radius 3 is 2.56 bits per heavy atom. The van der Waals surface area contributed by atoms with Crippen molar-refractivity contribution in [1.82, 2.24) is 5.32 Å². The first-order valence-corrected chi connectivity index (χ1v) is 5.48. The summed E-state index contributed by atoms with van der Waals surface area (Å²) in [6.45, 7) is 2.05. The van der Waals surface area contributed by atoms with Gasteiger partial charge in [0.05, 0.1) is 18.2 Å². The number of nitriles is 1. The monoisotopic (exact) mass is 248 g/mol. The Kier molecular flexibility index (Phi) is 4.84. The quantitative estimate of drug-likeness (QED) is 0.788. The summed E-state index contributed by atoms with van der Waals surface area (Å²) in [5.74, 6) is -0.960. The first-order chi connectivity index (χ1) is 8.51. The van der Waals surface area contributed by atoms with E-state index in [2.05, 4.69) is 5.32 Å². The third-order valence-electron chi connectivity index (χ3n) is 2.67. The maximum Gasteiger partial charge on any atom is 0.326 e. The fourth-order valence-corrected chi connectivity index (χ4v) is 1.47. The molecule has 5 nitrogen and oxygen atoms in total. The summed E-state index contributed by atoms with van der Waals surface area (Å²) in [7, 11) is 1.46. The highest BCUT2D eigenvalue weighted by atomic mass is 16.5. The van der Waals surface area contributed by atoms with E-state index in [-0.39, 0.29) is 6.61 Å². The molecule has 0 aromatic heterocycles. The summed E-state index contributed by atoms with van der Waals surface area (Å²) in [6.07, 6.45) is 0. The average molecular weight is 248 g/mol. The van der Waals surface area contributed by atoms with Crippen molar-refractivity contribution in [3.05, 3.63) is 35.4 Å². The lowest BCUT2D eigenvalue weighted by molar-refractivity contribution is -0.146. The zero-order valence-corrected chi connectivity index (χ0v) is 10.4. The van der Waals surface area contributed by atoms with Crippen molar-refractivity contribution in [3.63, 3.8) is 0 Å². The molecule has 18 heavy (non-hydrogen) atoms. The summed E-state index contributed by atoms with van der Waals surface area (Å²) in [5.41, 5.74) is 0.372. The smallest absolute Gasteiger partial charge is 0.326 e. The molecule has 96 valence electrons. The zero-order valence-electron chi connectivity index (χ0n) is 10.4. The third kappa shape index (κ3) is 3.55. The summed E-state index contributed by atoms with van der Waals surface area (Å²) in [4.78, 5) is 11.1. The molecule has 0 radical (unpaired) electrons. The van der Waals surface area contributed by atoms with Gasteiger partial charge in [-0.25, -0.2) is 0 Å². The van der Waals surface area contributed by atoms with Gasteiger partial charge in [-0.2, -0.15) is 5.26 Å². The molecule has 0 aliphatic rings. The number of methoxy groups -OCH3 is 1. The number of carboxylic acids is 1. The van der Waals surface area contributed by atoms with Gasteiger partial charge < -0.3 is 9.84 Å². The van der Waals surface area contributed by atoms with Crippen molar-refractivity contribution in [3.8, 4) is 6.07 Å².